The molecule has 1 aromatic carbocycles. The predicted octanol–water partition coefficient (Wildman–Crippen LogP) is 1.61. The summed E-state index contributed by atoms with van der Waals surface area (Å²) in [5.41, 5.74) is 0.905. The van der Waals surface area contributed by atoms with Crippen molar-refractivity contribution in [3.63, 3.8) is 0 Å². The second kappa shape index (κ2) is 6.22. The number of hydrogen-bond donors (Lipinski definition) is 2. The predicted molar refractivity (Wildman–Crippen MR) is 74.2 cm³/mol. The van der Waals surface area contributed by atoms with E-state index >= 15 is 0 Å². The van der Waals surface area contributed by atoms with Crippen LogP contribution in [0, 0.1) is 0 Å². The number of amides is 1. The molecule has 5 heteroatoms. The SMILES string of the molecule is CCCN=C1NC(=O)C(c2ccc(OCC)cc2)N1. The smallest absolute Gasteiger partial charge is 0.253 e. The van der Waals surface area contributed by atoms with Crippen molar-refractivity contribution in [2.75, 3.05) is 13.2 Å². The van der Waals surface area contributed by atoms with Crippen molar-refractivity contribution in [3.8, 4) is 5.75 Å². The second-order valence-electron chi connectivity index (χ2n) is 4.30. The summed E-state index contributed by atoms with van der Waals surface area (Å²) in [7, 11) is 0. The molecule has 0 saturated carbocycles. The molecule has 1 atom stereocenters. The molecule has 1 aromatic rings. The van der Waals surface area contributed by atoms with E-state index < -0.39 is 0 Å². The molecule has 1 saturated heterocycles. The highest BCUT2D eigenvalue weighted by Gasteiger charge is 2.29. The van der Waals surface area contributed by atoms with E-state index in [4.69, 9.17) is 4.74 Å². The Bertz CT molecular complexity index is 468. The number of hydrogen-bond acceptors (Lipinski definition) is 3. The van der Waals surface area contributed by atoms with Crippen LogP contribution in [0.25, 0.3) is 0 Å². The second-order valence-corrected chi connectivity index (χ2v) is 4.30. The third kappa shape index (κ3) is 3.24. The lowest BCUT2D eigenvalue weighted by molar-refractivity contribution is -0.120. The van der Waals surface area contributed by atoms with Crippen LogP contribution in [-0.2, 0) is 4.79 Å². The summed E-state index contributed by atoms with van der Waals surface area (Å²) in [6, 6.07) is 7.16. The van der Waals surface area contributed by atoms with Crippen LogP contribution in [0.3, 0.4) is 0 Å². The highest BCUT2D eigenvalue weighted by molar-refractivity contribution is 6.06. The Kier molecular flexibility index (Phi) is 4.39. The third-order valence-corrected chi connectivity index (χ3v) is 2.80. The summed E-state index contributed by atoms with van der Waals surface area (Å²) >= 11 is 0. The minimum absolute atomic E-state index is 0.0704. The summed E-state index contributed by atoms with van der Waals surface area (Å²) in [5, 5.41) is 5.84. The van der Waals surface area contributed by atoms with Gasteiger partial charge in [-0.25, -0.2) is 0 Å². The minimum Gasteiger partial charge on any atom is -0.494 e. The summed E-state index contributed by atoms with van der Waals surface area (Å²) in [6.45, 7) is 5.33. The van der Waals surface area contributed by atoms with Gasteiger partial charge in [0.1, 0.15) is 11.8 Å². The van der Waals surface area contributed by atoms with E-state index in [0.29, 0.717) is 19.1 Å². The Morgan fingerprint density at radius 1 is 1.26 bits per heavy atom. The maximum Gasteiger partial charge on any atom is 0.253 e. The monoisotopic (exact) mass is 261 g/mol. The molecule has 0 aliphatic carbocycles. The van der Waals surface area contributed by atoms with E-state index in [-0.39, 0.29) is 11.9 Å². The average Bonchev–Trinajstić information content (AvgIpc) is 2.79. The lowest BCUT2D eigenvalue weighted by Gasteiger charge is -2.09. The minimum atomic E-state index is -0.369. The fourth-order valence-corrected chi connectivity index (χ4v) is 1.89. The van der Waals surface area contributed by atoms with Crippen molar-refractivity contribution in [1.29, 1.82) is 0 Å². The maximum atomic E-state index is 11.9. The molecule has 0 radical (unpaired) electrons. The molecule has 19 heavy (non-hydrogen) atoms. The molecule has 1 fully saturated rings. The normalized spacial score (nSPS) is 20.2. The van der Waals surface area contributed by atoms with Crippen molar-refractivity contribution in [2.24, 2.45) is 4.99 Å². The summed E-state index contributed by atoms with van der Waals surface area (Å²) in [4.78, 5) is 16.1. The van der Waals surface area contributed by atoms with Crippen LogP contribution < -0.4 is 15.4 Å². The molecule has 102 valence electrons. The topological polar surface area (TPSA) is 62.7 Å². The zero-order valence-electron chi connectivity index (χ0n) is 11.3. The summed E-state index contributed by atoms with van der Waals surface area (Å²) < 4.78 is 5.38. The molecule has 1 unspecified atom stereocenters. The molecule has 2 N–H and O–H groups in total. The van der Waals surface area contributed by atoms with Gasteiger partial charge in [0, 0.05) is 6.54 Å². The van der Waals surface area contributed by atoms with E-state index in [2.05, 4.69) is 15.6 Å². The Labute approximate surface area is 113 Å². The summed E-state index contributed by atoms with van der Waals surface area (Å²) in [6.07, 6.45) is 0.953. The van der Waals surface area contributed by atoms with Gasteiger partial charge < -0.3 is 10.1 Å². The van der Waals surface area contributed by atoms with Crippen LogP contribution >= 0.6 is 0 Å². The van der Waals surface area contributed by atoms with Gasteiger partial charge in [-0.15, -0.1) is 0 Å². The number of benzene rings is 1. The van der Waals surface area contributed by atoms with Crippen molar-refractivity contribution in [1.82, 2.24) is 10.6 Å². The van der Waals surface area contributed by atoms with Gasteiger partial charge in [-0.05, 0) is 31.0 Å². The third-order valence-electron chi connectivity index (χ3n) is 2.80. The fourth-order valence-electron chi connectivity index (χ4n) is 1.89. The number of ether oxygens (including phenoxy) is 1. The van der Waals surface area contributed by atoms with Crippen LogP contribution in [0.2, 0.25) is 0 Å². The molecular weight excluding hydrogens is 242 g/mol. The van der Waals surface area contributed by atoms with Gasteiger partial charge >= 0.3 is 0 Å². The van der Waals surface area contributed by atoms with Crippen molar-refractivity contribution < 1.29 is 9.53 Å². The first-order valence-electron chi connectivity index (χ1n) is 6.59. The van der Waals surface area contributed by atoms with Crippen LogP contribution in [0.4, 0.5) is 0 Å². The van der Waals surface area contributed by atoms with Gasteiger partial charge in [-0.3, -0.25) is 15.1 Å². The van der Waals surface area contributed by atoms with Crippen LogP contribution in [0.15, 0.2) is 29.3 Å². The Balaban J connectivity index is 2.07. The van der Waals surface area contributed by atoms with Crippen molar-refractivity contribution in [2.45, 2.75) is 26.3 Å². The molecule has 1 heterocycles. The molecular formula is C14H19N3O2. The van der Waals surface area contributed by atoms with Crippen LogP contribution in [-0.4, -0.2) is 25.0 Å². The van der Waals surface area contributed by atoms with E-state index in [0.717, 1.165) is 17.7 Å². The standard InChI is InChI=1S/C14H19N3O2/c1-3-9-15-14-16-12(13(18)17-14)10-5-7-11(8-6-10)19-4-2/h5-8,12H,3-4,9H2,1-2H3,(H2,15,16,17,18). The molecule has 1 aliphatic heterocycles. The fraction of sp³-hybridized carbons (Fsp3) is 0.429. The van der Waals surface area contributed by atoms with Crippen molar-refractivity contribution >= 4 is 11.9 Å². The highest BCUT2D eigenvalue weighted by Crippen LogP contribution is 2.20. The molecule has 5 nitrogen and oxygen atoms in total. The largest absolute Gasteiger partial charge is 0.494 e. The Morgan fingerprint density at radius 2 is 2.00 bits per heavy atom. The number of nitrogens with zero attached hydrogens (tertiary/aromatic N) is 1. The Hall–Kier alpha value is -2.04. The van der Waals surface area contributed by atoms with Gasteiger partial charge in [-0.2, -0.15) is 0 Å². The first kappa shape index (κ1) is 13.4. The first-order chi connectivity index (χ1) is 9.24. The molecule has 1 aliphatic rings. The number of guanidine groups is 1. The van der Waals surface area contributed by atoms with E-state index in [1.54, 1.807) is 0 Å². The Morgan fingerprint density at radius 3 is 2.63 bits per heavy atom. The zero-order valence-corrected chi connectivity index (χ0v) is 11.3. The molecule has 2 rings (SSSR count). The lowest BCUT2D eigenvalue weighted by atomic mass is 10.1. The lowest BCUT2D eigenvalue weighted by Crippen LogP contribution is -2.25. The zero-order chi connectivity index (χ0) is 13.7. The molecule has 1 amide bonds. The number of carbonyl (C=O) groups excluding carboxylic acids is 1. The van der Waals surface area contributed by atoms with Gasteiger partial charge in [0.25, 0.3) is 5.91 Å². The van der Waals surface area contributed by atoms with E-state index in [9.17, 15) is 4.79 Å². The first-order valence-corrected chi connectivity index (χ1v) is 6.59. The average molecular weight is 261 g/mol. The van der Waals surface area contributed by atoms with Crippen LogP contribution in [0.1, 0.15) is 31.9 Å². The molecule has 0 aromatic heterocycles. The molecule has 0 bridgehead atoms. The van der Waals surface area contributed by atoms with Gasteiger partial charge in [0.05, 0.1) is 6.61 Å². The van der Waals surface area contributed by atoms with Crippen LogP contribution in [0.5, 0.6) is 5.75 Å². The van der Waals surface area contributed by atoms with E-state index in [1.807, 2.05) is 38.1 Å². The summed E-state index contributed by atoms with van der Waals surface area (Å²) in [5.74, 6) is 1.30. The number of nitrogens with one attached hydrogen (secondary N) is 2. The number of carbonyl (C=O) groups is 1. The quantitative estimate of drug-likeness (QED) is 0.846. The van der Waals surface area contributed by atoms with E-state index in [1.165, 1.54) is 0 Å². The number of rotatable bonds is 5. The van der Waals surface area contributed by atoms with Gasteiger partial charge in [-0.1, -0.05) is 19.1 Å². The highest BCUT2D eigenvalue weighted by atomic mass is 16.5. The maximum absolute atomic E-state index is 11.9. The van der Waals surface area contributed by atoms with Gasteiger partial charge in [0.15, 0.2) is 5.96 Å². The van der Waals surface area contributed by atoms with Gasteiger partial charge in [0.2, 0.25) is 0 Å². The molecule has 0 spiro atoms. The van der Waals surface area contributed by atoms with Crippen molar-refractivity contribution in [3.05, 3.63) is 29.8 Å². The number of aliphatic imine (C=N–C) groups is 1.